The first kappa shape index (κ1) is 20.4. The van der Waals surface area contributed by atoms with Crippen molar-refractivity contribution in [3.8, 4) is 5.75 Å². The summed E-state index contributed by atoms with van der Waals surface area (Å²) >= 11 is 6.13. The van der Waals surface area contributed by atoms with Crippen molar-refractivity contribution in [3.05, 3.63) is 78.4 Å². The maximum atomic E-state index is 12.8. The number of fused-ring (bicyclic) bond motifs is 1. The average Bonchev–Trinajstić information content (AvgIpc) is 2.66. The molecule has 28 heavy (non-hydrogen) atoms. The van der Waals surface area contributed by atoms with Gasteiger partial charge in [-0.05, 0) is 30.9 Å². The van der Waals surface area contributed by atoms with E-state index in [4.69, 9.17) is 20.5 Å². The maximum Gasteiger partial charge on any atom is 0.410 e. The molecule has 3 aromatic rings. The zero-order chi connectivity index (χ0) is 20.2. The molecule has 0 saturated heterocycles. The van der Waals surface area contributed by atoms with Crippen LogP contribution in [0.15, 0.2) is 72.8 Å². The molecule has 0 bridgehead atoms. The predicted molar refractivity (Wildman–Crippen MR) is 111 cm³/mol. The molecule has 146 valence electrons. The summed E-state index contributed by atoms with van der Waals surface area (Å²) in [6, 6.07) is 22.2. The topological polar surface area (TPSA) is 64.6 Å². The molecule has 1 unspecified atom stereocenters. The quantitative estimate of drug-likeness (QED) is 0.396. The van der Waals surface area contributed by atoms with E-state index in [1.807, 2.05) is 60.7 Å². The van der Waals surface area contributed by atoms with Crippen LogP contribution in [0.25, 0.3) is 10.8 Å². The van der Waals surface area contributed by atoms with Crippen LogP contribution in [0.3, 0.4) is 0 Å². The van der Waals surface area contributed by atoms with E-state index in [1.165, 1.54) is 0 Å². The van der Waals surface area contributed by atoms with Crippen molar-refractivity contribution in [2.75, 3.05) is 0 Å². The minimum atomic E-state index is -3.87. The van der Waals surface area contributed by atoms with Gasteiger partial charge in [-0.1, -0.05) is 66.7 Å². The van der Waals surface area contributed by atoms with Gasteiger partial charge in [-0.3, -0.25) is 4.79 Å². The molecule has 3 aromatic carbocycles. The van der Waals surface area contributed by atoms with Gasteiger partial charge in [0.15, 0.2) is 0 Å². The van der Waals surface area contributed by atoms with Crippen LogP contribution in [0.4, 0.5) is 0 Å². The molecule has 0 fully saturated rings. The van der Waals surface area contributed by atoms with Crippen molar-refractivity contribution in [2.45, 2.75) is 26.0 Å². The first-order valence-corrected chi connectivity index (χ1v) is 11.3. The third-order valence-electron chi connectivity index (χ3n) is 4.10. The van der Waals surface area contributed by atoms with Crippen LogP contribution >= 0.6 is 18.1 Å². The number of hydrogen-bond donors (Lipinski definition) is 1. The molecule has 0 amide bonds. The highest BCUT2D eigenvalue weighted by atomic mass is 35.7. The van der Waals surface area contributed by atoms with Gasteiger partial charge in [-0.2, -0.15) is 0 Å². The minimum absolute atomic E-state index is 0.113. The second-order valence-corrected chi connectivity index (χ2v) is 9.55. The summed E-state index contributed by atoms with van der Waals surface area (Å²) < 4.78 is 23.7. The van der Waals surface area contributed by atoms with E-state index in [0.717, 1.165) is 16.3 Å². The van der Waals surface area contributed by atoms with Crippen LogP contribution in [0.5, 0.6) is 5.75 Å². The van der Waals surface area contributed by atoms with Crippen LogP contribution in [0.1, 0.15) is 19.4 Å². The van der Waals surface area contributed by atoms with Gasteiger partial charge in [0.2, 0.25) is 0 Å². The first-order valence-electron chi connectivity index (χ1n) is 8.74. The number of carbonyl (C=O) groups excluding carboxylic acids is 1. The number of nitrogens with one attached hydrogen (secondary N) is 1. The third-order valence-corrected chi connectivity index (χ3v) is 5.82. The summed E-state index contributed by atoms with van der Waals surface area (Å²) in [6.45, 7) is -0.669. The fourth-order valence-corrected chi connectivity index (χ4v) is 4.78. The van der Waals surface area contributed by atoms with Crippen molar-refractivity contribution in [2.24, 2.45) is 0 Å². The van der Waals surface area contributed by atoms with E-state index in [2.05, 4.69) is 5.09 Å². The Bertz CT molecular complexity index is 1020. The number of benzene rings is 3. The summed E-state index contributed by atoms with van der Waals surface area (Å²) in [6.07, 6.45) is 0. The number of halogens is 1. The molecule has 0 aromatic heterocycles. The zero-order valence-electron chi connectivity index (χ0n) is 15.6. The van der Waals surface area contributed by atoms with E-state index < -0.39 is 18.4 Å². The standard InChI is InChI=1S/C21H21ClNO4P/c1-21(2,20(24)26-15-16-9-4-3-5-10-16)23-28(22,25)27-19-14-8-12-17-11-6-7-13-18(17)19/h3-14H,15H2,1-2H3,(H,23,25). The highest BCUT2D eigenvalue weighted by Crippen LogP contribution is 2.51. The Morgan fingerprint density at radius 3 is 2.39 bits per heavy atom. The molecule has 5 nitrogen and oxygen atoms in total. The summed E-state index contributed by atoms with van der Waals surface area (Å²) in [5.41, 5.74) is -0.455. The number of ether oxygens (including phenoxy) is 1. The summed E-state index contributed by atoms with van der Waals surface area (Å²) in [5.74, 6) is -0.212. The Kier molecular flexibility index (Phi) is 6.09. The Morgan fingerprint density at radius 2 is 1.64 bits per heavy atom. The lowest BCUT2D eigenvalue weighted by Gasteiger charge is -2.26. The van der Waals surface area contributed by atoms with Crippen LogP contribution in [-0.2, 0) is 20.7 Å². The van der Waals surface area contributed by atoms with Gasteiger partial charge in [0.25, 0.3) is 0 Å². The summed E-state index contributed by atoms with van der Waals surface area (Å²) in [5, 5.41) is 4.31. The smallest absolute Gasteiger partial charge is 0.410 e. The van der Waals surface area contributed by atoms with Gasteiger partial charge in [-0.25, -0.2) is 9.65 Å². The van der Waals surface area contributed by atoms with E-state index in [-0.39, 0.29) is 6.61 Å². The SMILES string of the molecule is CC(C)(NP(=O)(Cl)Oc1cccc2ccccc12)C(=O)OCc1ccccc1. The Morgan fingerprint density at radius 1 is 1.00 bits per heavy atom. The lowest BCUT2D eigenvalue weighted by molar-refractivity contribution is -0.150. The largest absolute Gasteiger partial charge is 0.459 e. The van der Waals surface area contributed by atoms with Gasteiger partial charge in [0.05, 0.1) is 0 Å². The zero-order valence-corrected chi connectivity index (χ0v) is 17.2. The molecule has 0 heterocycles. The van der Waals surface area contributed by atoms with E-state index in [1.54, 1.807) is 26.0 Å². The second kappa shape index (κ2) is 8.36. The molecule has 3 rings (SSSR count). The number of hydrogen-bond acceptors (Lipinski definition) is 4. The van der Waals surface area contributed by atoms with Crippen molar-refractivity contribution in [3.63, 3.8) is 0 Å². The van der Waals surface area contributed by atoms with Gasteiger partial charge in [0, 0.05) is 16.6 Å². The van der Waals surface area contributed by atoms with Crippen LogP contribution < -0.4 is 9.61 Å². The Balaban J connectivity index is 1.69. The number of esters is 1. The molecular formula is C21H21ClNO4P. The van der Waals surface area contributed by atoms with Gasteiger partial charge in [-0.15, -0.1) is 0 Å². The molecule has 0 radical (unpaired) electrons. The van der Waals surface area contributed by atoms with E-state index >= 15 is 0 Å². The highest BCUT2D eigenvalue weighted by molar-refractivity contribution is 7.84. The molecule has 0 aliphatic carbocycles. The molecule has 7 heteroatoms. The number of rotatable bonds is 7. The Labute approximate surface area is 168 Å². The monoisotopic (exact) mass is 417 g/mol. The normalized spacial score (nSPS) is 13.7. The van der Waals surface area contributed by atoms with Crippen LogP contribution in [-0.4, -0.2) is 11.5 Å². The third kappa shape index (κ3) is 5.14. The fraction of sp³-hybridized carbons (Fsp3) is 0.190. The van der Waals surface area contributed by atoms with Crippen LogP contribution in [0, 0.1) is 0 Å². The second-order valence-electron chi connectivity index (χ2n) is 6.85. The summed E-state index contributed by atoms with van der Waals surface area (Å²) in [4.78, 5) is 12.5. The molecule has 0 saturated carbocycles. The van der Waals surface area contributed by atoms with E-state index in [0.29, 0.717) is 5.75 Å². The Hall–Kier alpha value is -2.33. The average molecular weight is 418 g/mol. The maximum absolute atomic E-state index is 12.8. The predicted octanol–water partition coefficient (Wildman–Crippen LogP) is 5.68. The van der Waals surface area contributed by atoms with Gasteiger partial charge in [0.1, 0.15) is 17.9 Å². The fourth-order valence-electron chi connectivity index (χ4n) is 2.71. The van der Waals surface area contributed by atoms with E-state index in [9.17, 15) is 9.36 Å². The lowest BCUT2D eigenvalue weighted by Crippen LogP contribution is -2.45. The van der Waals surface area contributed by atoms with Gasteiger partial charge >= 0.3 is 12.8 Å². The van der Waals surface area contributed by atoms with Crippen molar-refractivity contribution >= 4 is 34.9 Å². The molecule has 0 aliphatic heterocycles. The minimum Gasteiger partial charge on any atom is -0.459 e. The number of carbonyl (C=O) groups is 1. The van der Waals surface area contributed by atoms with Gasteiger partial charge < -0.3 is 9.26 Å². The molecular weight excluding hydrogens is 397 g/mol. The molecule has 0 spiro atoms. The first-order chi connectivity index (χ1) is 13.3. The molecule has 1 N–H and O–H groups in total. The van der Waals surface area contributed by atoms with Crippen LogP contribution in [0.2, 0.25) is 0 Å². The highest BCUT2D eigenvalue weighted by Gasteiger charge is 2.38. The molecule has 1 atom stereocenters. The van der Waals surface area contributed by atoms with Crippen molar-refractivity contribution < 1.29 is 18.6 Å². The van der Waals surface area contributed by atoms with Crippen molar-refractivity contribution in [1.29, 1.82) is 0 Å². The van der Waals surface area contributed by atoms with Crippen molar-refractivity contribution in [1.82, 2.24) is 5.09 Å². The molecule has 0 aliphatic rings. The summed E-state index contributed by atoms with van der Waals surface area (Å²) in [7, 11) is 0. The lowest BCUT2D eigenvalue weighted by atomic mass is 10.1.